The normalized spacial score (nSPS) is 17.5. The van der Waals surface area contributed by atoms with E-state index < -0.39 is 0 Å². The second-order valence-corrected chi connectivity index (χ2v) is 5.93. The van der Waals surface area contributed by atoms with Crippen molar-refractivity contribution in [1.82, 2.24) is 19.5 Å². The van der Waals surface area contributed by atoms with E-state index in [4.69, 9.17) is 4.74 Å². The molecule has 0 radical (unpaired) electrons. The van der Waals surface area contributed by atoms with E-state index in [9.17, 15) is 10.2 Å². The maximum atomic E-state index is 9.60. The first-order valence-corrected chi connectivity index (χ1v) is 7.90. The Morgan fingerprint density at radius 1 is 1.21 bits per heavy atom. The van der Waals surface area contributed by atoms with Gasteiger partial charge in [-0.25, -0.2) is 15.0 Å². The zero-order chi connectivity index (χ0) is 16.7. The van der Waals surface area contributed by atoms with Gasteiger partial charge in [-0.15, -0.1) is 12.6 Å². The Morgan fingerprint density at radius 2 is 2.00 bits per heavy atom. The number of anilines is 2. The first kappa shape index (κ1) is 15.0. The Balaban J connectivity index is 1.77. The van der Waals surface area contributed by atoms with E-state index in [-0.39, 0.29) is 22.9 Å². The molecule has 1 unspecified atom stereocenters. The Bertz CT molecular complexity index is 887. The number of thiol groups is 1. The third-order valence-electron chi connectivity index (χ3n) is 3.79. The predicted molar refractivity (Wildman–Crippen MR) is 89.9 cm³/mol. The van der Waals surface area contributed by atoms with Crippen LogP contribution in [-0.4, -0.2) is 36.3 Å². The highest BCUT2D eigenvalue weighted by Gasteiger charge is 2.22. The maximum absolute atomic E-state index is 9.60. The molecule has 0 amide bonds. The fraction of sp³-hybridized carbons (Fsp3) is 0.267. The molecule has 24 heavy (non-hydrogen) atoms. The Kier molecular flexibility index (Phi) is 3.66. The van der Waals surface area contributed by atoms with Gasteiger partial charge in [0, 0.05) is 30.5 Å². The van der Waals surface area contributed by atoms with Gasteiger partial charge < -0.3 is 20.3 Å². The van der Waals surface area contributed by atoms with Gasteiger partial charge in [0.25, 0.3) is 0 Å². The molecule has 3 heterocycles. The Morgan fingerprint density at radius 3 is 2.71 bits per heavy atom. The van der Waals surface area contributed by atoms with Crippen LogP contribution in [0.15, 0.2) is 29.7 Å². The highest BCUT2D eigenvalue weighted by Crippen LogP contribution is 2.31. The van der Waals surface area contributed by atoms with E-state index in [1.165, 1.54) is 18.2 Å². The summed E-state index contributed by atoms with van der Waals surface area (Å²) in [6, 6.07) is 4.20. The minimum Gasteiger partial charge on any atom is -0.508 e. The molecule has 1 aliphatic heterocycles. The molecule has 2 aromatic heterocycles. The summed E-state index contributed by atoms with van der Waals surface area (Å²) in [5.41, 5.74) is 1.66. The summed E-state index contributed by atoms with van der Waals surface area (Å²) in [5, 5.41) is 22.5. The number of hydrogen-bond acceptors (Lipinski definition) is 8. The molecular weight excluding hydrogens is 330 g/mol. The van der Waals surface area contributed by atoms with Crippen LogP contribution in [0.5, 0.6) is 11.5 Å². The molecule has 0 saturated carbocycles. The smallest absolute Gasteiger partial charge is 0.188 e. The lowest BCUT2D eigenvalue weighted by Gasteiger charge is -2.12. The molecule has 1 aromatic carbocycles. The number of benzene rings is 1. The number of aromatic nitrogens is 4. The van der Waals surface area contributed by atoms with E-state index in [1.807, 2.05) is 4.57 Å². The molecule has 3 aromatic rings. The van der Waals surface area contributed by atoms with Crippen LogP contribution < -0.4 is 5.32 Å². The largest absolute Gasteiger partial charge is 0.508 e. The number of phenols is 2. The van der Waals surface area contributed by atoms with Gasteiger partial charge in [0.15, 0.2) is 22.1 Å². The first-order chi connectivity index (χ1) is 11.6. The summed E-state index contributed by atoms with van der Waals surface area (Å²) < 4.78 is 7.56. The molecule has 9 heteroatoms. The molecule has 1 fully saturated rings. The molecule has 0 aliphatic carbocycles. The van der Waals surface area contributed by atoms with E-state index >= 15 is 0 Å². The van der Waals surface area contributed by atoms with Crippen molar-refractivity contribution in [2.75, 3.05) is 11.9 Å². The number of rotatable bonds is 3. The molecule has 4 rings (SSSR count). The maximum Gasteiger partial charge on any atom is 0.188 e. The number of fused-ring (bicyclic) bond motifs is 1. The van der Waals surface area contributed by atoms with Gasteiger partial charge in [0.1, 0.15) is 17.7 Å². The number of nitrogens with zero attached hydrogens (tertiary/aromatic N) is 4. The van der Waals surface area contributed by atoms with Crippen molar-refractivity contribution in [3.63, 3.8) is 0 Å². The van der Waals surface area contributed by atoms with Crippen molar-refractivity contribution >= 4 is 35.3 Å². The van der Waals surface area contributed by atoms with Crippen molar-refractivity contribution in [1.29, 1.82) is 0 Å². The lowest BCUT2D eigenvalue weighted by atomic mass is 10.2. The number of hydrogen-bond donors (Lipinski definition) is 4. The van der Waals surface area contributed by atoms with Crippen LogP contribution >= 0.6 is 12.6 Å². The third kappa shape index (κ3) is 2.72. The monoisotopic (exact) mass is 345 g/mol. The lowest BCUT2D eigenvalue weighted by molar-refractivity contribution is 0.0592. The fourth-order valence-corrected chi connectivity index (χ4v) is 2.98. The van der Waals surface area contributed by atoms with Crippen LogP contribution in [-0.2, 0) is 4.74 Å². The van der Waals surface area contributed by atoms with Crippen LogP contribution in [0.2, 0.25) is 0 Å². The molecule has 1 aliphatic rings. The van der Waals surface area contributed by atoms with Crippen molar-refractivity contribution in [2.45, 2.75) is 24.2 Å². The molecule has 0 bridgehead atoms. The third-order valence-corrected chi connectivity index (χ3v) is 3.99. The summed E-state index contributed by atoms with van der Waals surface area (Å²) in [5.74, 6) is 0.323. The summed E-state index contributed by atoms with van der Waals surface area (Å²) >= 11 is 4.26. The van der Waals surface area contributed by atoms with Crippen LogP contribution in [0.1, 0.15) is 19.1 Å². The SMILES string of the molecule is Oc1cc(O)cc(Nc2nc(S)nc3c2ncn3C2CCCO2)c1. The van der Waals surface area contributed by atoms with Gasteiger partial charge in [-0.3, -0.25) is 4.57 Å². The molecule has 1 atom stereocenters. The average molecular weight is 345 g/mol. The average Bonchev–Trinajstić information content (AvgIpc) is 3.14. The second kappa shape index (κ2) is 5.84. The molecular formula is C15H15N5O3S. The minimum absolute atomic E-state index is 0.0567. The lowest BCUT2D eigenvalue weighted by Crippen LogP contribution is -2.07. The van der Waals surface area contributed by atoms with Crippen LogP contribution in [0.3, 0.4) is 0 Å². The first-order valence-electron chi connectivity index (χ1n) is 7.45. The van der Waals surface area contributed by atoms with E-state index in [2.05, 4.69) is 32.9 Å². The predicted octanol–water partition coefficient (Wildman–Crippen LogP) is 2.58. The number of phenolic OH excluding ortho intramolecular Hbond substituents is 2. The van der Waals surface area contributed by atoms with Crippen LogP contribution in [0.4, 0.5) is 11.5 Å². The quantitative estimate of drug-likeness (QED) is 0.427. The van der Waals surface area contributed by atoms with Crippen molar-refractivity contribution < 1.29 is 14.9 Å². The number of ether oxygens (including phenoxy) is 1. The standard InChI is InChI=1S/C15H15N5O3S/c21-9-4-8(5-10(22)6-9)17-13-12-14(19-15(24)18-13)20(7-16-12)11-2-1-3-23-11/h4-7,11,21-22H,1-3H2,(H2,17,18,19,24). The van der Waals surface area contributed by atoms with Crippen molar-refractivity contribution in [3.05, 3.63) is 24.5 Å². The highest BCUT2D eigenvalue weighted by molar-refractivity contribution is 7.80. The number of nitrogens with one attached hydrogen (secondary N) is 1. The molecule has 1 saturated heterocycles. The molecule has 0 spiro atoms. The number of imidazole rings is 1. The fourth-order valence-electron chi connectivity index (χ4n) is 2.79. The minimum atomic E-state index is -0.0877. The van der Waals surface area contributed by atoms with Crippen molar-refractivity contribution in [2.24, 2.45) is 0 Å². The highest BCUT2D eigenvalue weighted by atomic mass is 32.1. The van der Waals surface area contributed by atoms with Gasteiger partial charge in [0.05, 0.1) is 6.33 Å². The zero-order valence-corrected chi connectivity index (χ0v) is 13.4. The Labute approximate surface area is 142 Å². The summed E-state index contributed by atoms with van der Waals surface area (Å²) in [6.45, 7) is 0.719. The van der Waals surface area contributed by atoms with Gasteiger partial charge >= 0.3 is 0 Å². The number of aromatic hydroxyl groups is 2. The van der Waals surface area contributed by atoms with Crippen molar-refractivity contribution in [3.8, 4) is 11.5 Å². The van der Waals surface area contributed by atoms with Gasteiger partial charge in [-0.1, -0.05) is 0 Å². The molecule has 8 nitrogen and oxygen atoms in total. The topological polar surface area (TPSA) is 105 Å². The summed E-state index contributed by atoms with van der Waals surface area (Å²) in [6.07, 6.45) is 3.49. The van der Waals surface area contributed by atoms with E-state index in [0.717, 1.165) is 19.4 Å². The van der Waals surface area contributed by atoms with Crippen LogP contribution in [0.25, 0.3) is 11.2 Å². The molecule has 124 valence electrons. The molecule has 3 N–H and O–H groups in total. The summed E-state index contributed by atoms with van der Waals surface area (Å²) in [4.78, 5) is 13.0. The van der Waals surface area contributed by atoms with Gasteiger partial charge in [0.2, 0.25) is 0 Å². The van der Waals surface area contributed by atoms with Gasteiger partial charge in [-0.05, 0) is 12.8 Å². The Hall–Kier alpha value is -2.52. The van der Waals surface area contributed by atoms with E-state index in [1.54, 1.807) is 6.33 Å². The second-order valence-electron chi connectivity index (χ2n) is 5.53. The zero-order valence-electron chi connectivity index (χ0n) is 12.5. The van der Waals surface area contributed by atoms with Gasteiger partial charge in [-0.2, -0.15) is 0 Å². The summed E-state index contributed by atoms with van der Waals surface area (Å²) in [7, 11) is 0. The van der Waals surface area contributed by atoms with E-state index in [0.29, 0.717) is 22.7 Å². The van der Waals surface area contributed by atoms with Crippen LogP contribution in [0, 0.1) is 0 Å².